The number of carbonyl (C=O) groups excluding carboxylic acids is 1. The minimum atomic E-state index is -0.433. The van der Waals surface area contributed by atoms with Crippen molar-refractivity contribution in [1.82, 2.24) is 10.2 Å². The molecule has 104 valence electrons. The molecular weight excluding hydrogens is 232 g/mol. The molecule has 2 heterocycles. The number of hydrogen-bond acceptors (Lipinski definition) is 4. The third-order valence-electron chi connectivity index (χ3n) is 3.41. The second-order valence-corrected chi connectivity index (χ2v) is 6.43. The van der Waals surface area contributed by atoms with Gasteiger partial charge in [0.05, 0.1) is 18.2 Å². The van der Waals surface area contributed by atoms with Gasteiger partial charge in [-0.2, -0.15) is 0 Å². The van der Waals surface area contributed by atoms with Crippen LogP contribution in [0.1, 0.15) is 34.1 Å². The maximum absolute atomic E-state index is 12.0. The van der Waals surface area contributed by atoms with Gasteiger partial charge in [0.15, 0.2) is 0 Å². The fourth-order valence-corrected chi connectivity index (χ4v) is 2.39. The van der Waals surface area contributed by atoms with E-state index in [-0.39, 0.29) is 17.7 Å². The molecule has 2 fully saturated rings. The third kappa shape index (κ3) is 3.14. The predicted octanol–water partition coefficient (Wildman–Crippen LogP) is 1.37. The van der Waals surface area contributed by atoms with Gasteiger partial charge in [-0.1, -0.05) is 0 Å². The van der Waals surface area contributed by atoms with Crippen LogP contribution in [-0.2, 0) is 9.47 Å². The highest BCUT2D eigenvalue weighted by Gasteiger charge is 2.43. The Morgan fingerprint density at radius 2 is 2.22 bits per heavy atom. The van der Waals surface area contributed by atoms with E-state index in [2.05, 4.69) is 12.2 Å². The highest BCUT2D eigenvalue weighted by molar-refractivity contribution is 5.68. The van der Waals surface area contributed by atoms with Crippen molar-refractivity contribution in [2.75, 3.05) is 26.2 Å². The van der Waals surface area contributed by atoms with Gasteiger partial charge < -0.3 is 19.7 Å². The van der Waals surface area contributed by atoms with Crippen molar-refractivity contribution < 1.29 is 14.3 Å². The van der Waals surface area contributed by atoms with Gasteiger partial charge >= 0.3 is 6.09 Å². The van der Waals surface area contributed by atoms with Gasteiger partial charge in [0.1, 0.15) is 5.60 Å². The van der Waals surface area contributed by atoms with E-state index < -0.39 is 5.60 Å². The third-order valence-corrected chi connectivity index (χ3v) is 3.41. The number of amides is 1. The second kappa shape index (κ2) is 4.70. The van der Waals surface area contributed by atoms with Gasteiger partial charge in [-0.25, -0.2) is 4.79 Å². The van der Waals surface area contributed by atoms with E-state index in [0.717, 1.165) is 19.5 Å². The summed E-state index contributed by atoms with van der Waals surface area (Å²) >= 11 is 0. The van der Waals surface area contributed by atoms with Crippen molar-refractivity contribution in [2.24, 2.45) is 0 Å². The molecule has 2 atom stereocenters. The zero-order valence-electron chi connectivity index (χ0n) is 11.8. The largest absolute Gasteiger partial charge is 0.444 e. The molecule has 1 amide bonds. The molecule has 1 N–H and O–H groups in total. The number of morpholine rings is 1. The Hall–Kier alpha value is -0.810. The molecule has 1 spiro atoms. The molecule has 5 heteroatoms. The van der Waals surface area contributed by atoms with Gasteiger partial charge in [0.25, 0.3) is 0 Å². The minimum Gasteiger partial charge on any atom is -0.444 e. The molecule has 0 bridgehead atoms. The number of nitrogens with zero attached hydrogens (tertiary/aromatic N) is 1. The van der Waals surface area contributed by atoms with Crippen molar-refractivity contribution in [3.63, 3.8) is 0 Å². The number of hydrogen-bond donors (Lipinski definition) is 1. The van der Waals surface area contributed by atoms with Crippen molar-refractivity contribution in [3.05, 3.63) is 0 Å². The van der Waals surface area contributed by atoms with E-state index in [9.17, 15) is 4.79 Å². The Kier molecular flexibility index (Phi) is 3.56. The van der Waals surface area contributed by atoms with E-state index in [1.807, 2.05) is 20.8 Å². The molecule has 0 aromatic carbocycles. The zero-order chi connectivity index (χ0) is 13.4. The van der Waals surface area contributed by atoms with Crippen LogP contribution in [0.3, 0.4) is 0 Å². The average molecular weight is 256 g/mol. The van der Waals surface area contributed by atoms with Crippen LogP contribution in [0.5, 0.6) is 0 Å². The number of likely N-dealkylation sites (tertiary alicyclic amines) is 1. The zero-order valence-corrected chi connectivity index (χ0v) is 11.8. The van der Waals surface area contributed by atoms with Crippen LogP contribution >= 0.6 is 0 Å². The van der Waals surface area contributed by atoms with Crippen LogP contribution < -0.4 is 5.32 Å². The molecule has 2 saturated heterocycles. The lowest BCUT2D eigenvalue weighted by Gasteiger charge is -2.37. The summed E-state index contributed by atoms with van der Waals surface area (Å²) in [5.41, 5.74) is -0.499. The summed E-state index contributed by atoms with van der Waals surface area (Å²) in [4.78, 5) is 13.8. The molecule has 0 aliphatic carbocycles. The van der Waals surface area contributed by atoms with E-state index in [1.165, 1.54) is 0 Å². The summed E-state index contributed by atoms with van der Waals surface area (Å²) in [6, 6.07) is 0. The molecule has 2 rings (SSSR count). The number of nitrogens with one attached hydrogen (secondary N) is 1. The first-order chi connectivity index (χ1) is 8.30. The van der Waals surface area contributed by atoms with E-state index in [0.29, 0.717) is 13.2 Å². The smallest absolute Gasteiger partial charge is 0.410 e. The van der Waals surface area contributed by atoms with Crippen LogP contribution in [0.15, 0.2) is 0 Å². The first-order valence-corrected chi connectivity index (χ1v) is 6.64. The molecule has 0 unspecified atom stereocenters. The average Bonchev–Trinajstić information content (AvgIpc) is 2.65. The number of ether oxygens (including phenoxy) is 2. The summed E-state index contributed by atoms with van der Waals surface area (Å²) < 4.78 is 11.1. The Balaban J connectivity index is 1.90. The van der Waals surface area contributed by atoms with Crippen molar-refractivity contribution in [1.29, 1.82) is 0 Å². The van der Waals surface area contributed by atoms with Crippen LogP contribution in [-0.4, -0.2) is 54.5 Å². The van der Waals surface area contributed by atoms with E-state index in [4.69, 9.17) is 9.47 Å². The Morgan fingerprint density at radius 3 is 2.78 bits per heavy atom. The first-order valence-electron chi connectivity index (χ1n) is 6.64. The van der Waals surface area contributed by atoms with E-state index in [1.54, 1.807) is 4.90 Å². The normalized spacial score (nSPS) is 32.9. The fourth-order valence-electron chi connectivity index (χ4n) is 2.39. The first kappa shape index (κ1) is 13.6. The Bertz CT molecular complexity index is 317. The fraction of sp³-hybridized carbons (Fsp3) is 0.923. The minimum absolute atomic E-state index is 0.0661. The standard InChI is InChI=1S/C13H24N2O3/c1-10-7-14-13(9-17-10)5-6-15(8-13)11(16)18-12(2,3)4/h10,14H,5-9H2,1-4H3/t10-,13+/m1/s1. The van der Waals surface area contributed by atoms with Crippen LogP contribution in [0.4, 0.5) is 4.79 Å². The van der Waals surface area contributed by atoms with Gasteiger partial charge in [-0.15, -0.1) is 0 Å². The summed E-state index contributed by atoms with van der Waals surface area (Å²) in [6.45, 7) is 10.7. The van der Waals surface area contributed by atoms with Crippen LogP contribution in [0.2, 0.25) is 0 Å². The van der Waals surface area contributed by atoms with Gasteiger partial charge in [-0.3, -0.25) is 0 Å². The van der Waals surface area contributed by atoms with Gasteiger partial charge in [0, 0.05) is 19.6 Å². The summed E-state index contributed by atoms with van der Waals surface area (Å²) in [7, 11) is 0. The van der Waals surface area contributed by atoms with Crippen molar-refractivity contribution in [3.8, 4) is 0 Å². The molecule has 0 aromatic heterocycles. The predicted molar refractivity (Wildman–Crippen MR) is 68.6 cm³/mol. The summed E-state index contributed by atoms with van der Waals surface area (Å²) in [5.74, 6) is 0. The molecule has 2 aliphatic rings. The Morgan fingerprint density at radius 1 is 1.50 bits per heavy atom. The highest BCUT2D eigenvalue weighted by Crippen LogP contribution is 2.26. The molecule has 2 aliphatic heterocycles. The Labute approximate surface area is 109 Å². The topological polar surface area (TPSA) is 50.8 Å². The maximum atomic E-state index is 12.0. The second-order valence-electron chi connectivity index (χ2n) is 6.43. The highest BCUT2D eigenvalue weighted by atomic mass is 16.6. The lowest BCUT2D eigenvalue weighted by Crippen LogP contribution is -2.58. The number of carbonyl (C=O) groups is 1. The molecule has 0 saturated carbocycles. The van der Waals surface area contributed by atoms with E-state index >= 15 is 0 Å². The van der Waals surface area contributed by atoms with Gasteiger partial charge in [-0.05, 0) is 34.1 Å². The van der Waals surface area contributed by atoms with Crippen molar-refractivity contribution in [2.45, 2.75) is 51.4 Å². The SMILES string of the molecule is C[C@@H]1CN[C@]2(CCN(C(=O)OC(C)(C)C)C2)CO1. The molecule has 0 aromatic rings. The lowest BCUT2D eigenvalue weighted by atomic mass is 9.98. The molecular formula is C13H24N2O3. The van der Waals surface area contributed by atoms with Gasteiger partial charge in [0.2, 0.25) is 0 Å². The molecule has 18 heavy (non-hydrogen) atoms. The molecule has 5 nitrogen and oxygen atoms in total. The maximum Gasteiger partial charge on any atom is 0.410 e. The quantitative estimate of drug-likeness (QED) is 0.711. The lowest BCUT2D eigenvalue weighted by molar-refractivity contribution is -0.0221. The monoisotopic (exact) mass is 256 g/mol. The number of rotatable bonds is 0. The van der Waals surface area contributed by atoms with Crippen molar-refractivity contribution >= 4 is 6.09 Å². The molecule has 0 radical (unpaired) electrons. The summed E-state index contributed by atoms with van der Waals surface area (Å²) in [5, 5.41) is 3.52. The van der Waals surface area contributed by atoms with Crippen LogP contribution in [0.25, 0.3) is 0 Å². The summed E-state index contributed by atoms with van der Waals surface area (Å²) in [6.07, 6.45) is 0.963. The van der Waals surface area contributed by atoms with Crippen LogP contribution in [0, 0.1) is 0 Å².